The van der Waals surface area contributed by atoms with Crippen LogP contribution in [-0.2, 0) is 10.2 Å². The predicted octanol–water partition coefficient (Wildman–Crippen LogP) is -0.216. The summed E-state index contributed by atoms with van der Waals surface area (Å²) in [6.45, 7) is 2.59. The van der Waals surface area contributed by atoms with Gasteiger partial charge in [0.1, 0.15) is 5.01 Å². The molecular formula is C7H15N5O2S2. The Kier molecular flexibility index (Phi) is 4.59. The van der Waals surface area contributed by atoms with Crippen LogP contribution >= 0.6 is 11.3 Å². The highest BCUT2D eigenvalue weighted by Gasteiger charge is 2.18. The molecule has 1 aromatic heterocycles. The van der Waals surface area contributed by atoms with Gasteiger partial charge in [-0.25, -0.2) is 4.72 Å². The standard InChI is InChI=1S/C7H15N5O2S2/c1-6-9-10-7(15-6)11-16(13,14)12(2)5-3-4-8/h3-5,8H2,1-2H3,(H,10,11). The summed E-state index contributed by atoms with van der Waals surface area (Å²) in [5.41, 5.74) is 5.31. The van der Waals surface area contributed by atoms with Gasteiger partial charge in [-0.2, -0.15) is 12.7 Å². The Morgan fingerprint density at radius 1 is 1.50 bits per heavy atom. The lowest BCUT2D eigenvalue weighted by molar-refractivity contribution is 0.468. The third-order valence-electron chi connectivity index (χ3n) is 1.83. The smallest absolute Gasteiger partial charge is 0.303 e. The zero-order valence-electron chi connectivity index (χ0n) is 9.17. The molecule has 7 nitrogen and oxygen atoms in total. The molecule has 0 spiro atoms. The Balaban J connectivity index is 2.64. The first-order chi connectivity index (χ1) is 7.45. The number of hydrogen-bond donors (Lipinski definition) is 2. The average Bonchev–Trinajstić information content (AvgIpc) is 2.59. The van der Waals surface area contributed by atoms with Gasteiger partial charge in [0.05, 0.1) is 0 Å². The fourth-order valence-corrected chi connectivity index (χ4v) is 2.67. The Morgan fingerprint density at radius 2 is 2.19 bits per heavy atom. The molecule has 0 unspecified atom stereocenters. The summed E-state index contributed by atoms with van der Waals surface area (Å²) < 4.78 is 27.0. The molecule has 0 aliphatic carbocycles. The van der Waals surface area contributed by atoms with Gasteiger partial charge in [-0.15, -0.1) is 10.2 Å². The monoisotopic (exact) mass is 265 g/mol. The molecule has 0 atom stereocenters. The van der Waals surface area contributed by atoms with Gasteiger partial charge < -0.3 is 5.73 Å². The molecule has 0 saturated carbocycles. The van der Waals surface area contributed by atoms with Gasteiger partial charge in [0.2, 0.25) is 5.13 Å². The zero-order valence-corrected chi connectivity index (χ0v) is 10.8. The minimum atomic E-state index is -3.54. The van der Waals surface area contributed by atoms with Crippen molar-refractivity contribution in [2.24, 2.45) is 5.73 Å². The fourth-order valence-electron chi connectivity index (χ4n) is 0.960. The molecule has 0 aliphatic rings. The van der Waals surface area contributed by atoms with Crippen LogP contribution in [0, 0.1) is 6.92 Å². The molecule has 1 aromatic rings. The van der Waals surface area contributed by atoms with E-state index < -0.39 is 10.2 Å². The van der Waals surface area contributed by atoms with Crippen LogP contribution in [0.1, 0.15) is 11.4 Å². The number of nitrogens with one attached hydrogen (secondary N) is 1. The van der Waals surface area contributed by atoms with E-state index in [2.05, 4.69) is 14.9 Å². The lowest BCUT2D eigenvalue weighted by atomic mass is 10.4. The molecule has 0 aromatic carbocycles. The van der Waals surface area contributed by atoms with Gasteiger partial charge in [0.15, 0.2) is 0 Å². The van der Waals surface area contributed by atoms with Crippen molar-refractivity contribution in [1.82, 2.24) is 14.5 Å². The zero-order chi connectivity index (χ0) is 12.2. The van der Waals surface area contributed by atoms with E-state index >= 15 is 0 Å². The first-order valence-electron chi connectivity index (χ1n) is 4.70. The van der Waals surface area contributed by atoms with Crippen molar-refractivity contribution < 1.29 is 8.42 Å². The van der Waals surface area contributed by atoms with Crippen molar-refractivity contribution in [1.29, 1.82) is 0 Å². The average molecular weight is 265 g/mol. The molecule has 1 heterocycles. The van der Waals surface area contributed by atoms with E-state index in [1.54, 1.807) is 6.92 Å². The van der Waals surface area contributed by atoms with Crippen LogP contribution in [0.15, 0.2) is 0 Å². The van der Waals surface area contributed by atoms with Crippen molar-refractivity contribution in [3.8, 4) is 0 Å². The maximum Gasteiger partial charge on any atom is 0.303 e. The van der Waals surface area contributed by atoms with Gasteiger partial charge in [0, 0.05) is 13.6 Å². The molecular weight excluding hydrogens is 250 g/mol. The van der Waals surface area contributed by atoms with Gasteiger partial charge in [0.25, 0.3) is 0 Å². The lowest BCUT2D eigenvalue weighted by Gasteiger charge is -2.16. The largest absolute Gasteiger partial charge is 0.330 e. The number of aryl methyl sites for hydroxylation is 1. The minimum absolute atomic E-state index is 0.275. The molecule has 0 fully saturated rings. The predicted molar refractivity (Wildman–Crippen MR) is 63.5 cm³/mol. The van der Waals surface area contributed by atoms with Crippen LogP contribution in [0.2, 0.25) is 0 Å². The Bertz CT molecular complexity index is 430. The van der Waals surface area contributed by atoms with Gasteiger partial charge in [-0.1, -0.05) is 11.3 Å². The number of rotatable bonds is 6. The van der Waals surface area contributed by atoms with E-state index in [1.807, 2.05) is 0 Å². The minimum Gasteiger partial charge on any atom is -0.330 e. The van der Waals surface area contributed by atoms with E-state index in [0.717, 1.165) is 0 Å². The van der Waals surface area contributed by atoms with E-state index in [-0.39, 0.29) is 5.13 Å². The Hall–Kier alpha value is -0.770. The molecule has 16 heavy (non-hydrogen) atoms. The third-order valence-corrected chi connectivity index (χ3v) is 4.17. The van der Waals surface area contributed by atoms with Crippen LogP contribution in [0.5, 0.6) is 0 Å². The van der Waals surface area contributed by atoms with Gasteiger partial charge in [-0.3, -0.25) is 0 Å². The van der Waals surface area contributed by atoms with E-state index in [1.165, 1.54) is 22.7 Å². The highest BCUT2D eigenvalue weighted by Crippen LogP contribution is 2.16. The molecule has 92 valence electrons. The molecule has 3 N–H and O–H groups in total. The Labute approximate surface area is 98.8 Å². The summed E-state index contributed by atoms with van der Waals surface area (Å²) >= 11 is 1.19. The van der Waals surface area contributed by atoms with Crippen LogP contribution in [0.25, 0.3) is 0 Å². The van der Waals surface area contributed by atoms with Crippen molar-refractivity contribution in [2.45, 2.75) is 13.3 Å². The molecule has 1 rings (SSSR count). The molecule has 0 radical (unpaired) electrons. The van der Waals surface area contributed by atoms with Crippen LogP contribution in [-0.4, -0.2) is 43.1 Å². The van der Waals surface area contributed by atoms with E-state index in [9.17, 15) is 8.42 Å². The molecule has 0 amide bonds. The summed E-state index contributed by atoms with van der Waals surface area (Å²) in [6, 6.07) is 0. The second-order valence-corrected chi connectivity index (χ2v) is 6.16. The molecule has 9 heteroatoms. The Morgan fingerprint density at radius 3 is 2.69 bits per heavy atom. The van der Waals surface area contributed by atoms with E-state index in [4.69, 9.17) is 5.73 Å². The summed E-state index contributed by atoms with van der Waals surface area (Å²) in [6.07, 6.45) is 0.618. The number of aromatic nitrogens is 2. The number of nitrogens with two attached hydrogens (primary N) is 1. The summed E-state index contributed by atoms with van der Waals surface area (Å²) in [4.78, 5) is 0. The van der Waals surface area contributed by atoms with Gasteiger partial charge >= 0.3 is 10.2 Å². The highest BCUT2D eigenvalue weighted by molar-refractivity contribution is 7.90. The second kappa shape index (κ2) is 5.53. The van der Waals surface area contributed by atoms with Crippen LogP contribution < -0.4 is 10.5 Å². The van der Waals surface area contributed by atoms with E-state index in [0.29, 0.717) is 24.5 Å². The van der Waals surface area contributed by atoms with Crippen LogP contribution in [0.4, 0.5) is 5.13 Å². The summed E-state index contributed by atoms with van der Waals surface area (Å²) in [5, 5.41) is 8.40. The van der Waals surface area contributed by atoms with Crippen molar-refractivity contribution in [3.05, 3.63) is 5.01 Å². The summed E-state index contributed by atoms with van der Waals surface area (Å²) in [5.74, 6) is 0. The fraction of sp³-hybridized carbons (Fsp3) is 0.714. The highest BCUT2D eigenvalue weighted by atomic mass is 32.2. The molecule has 0 saturated heterocycles. The molecule has 0 bridgehead atoms. The second-order valence-electron chi connectivity index (χ2n) is 3.20. The molecule has 0 aliphatic heterocycles. The SMILES string of the molecule is Cc1nnc(NS(=O)(=O)N(C)CCCN)s1. The normalized spacial score (nSPS) is 12.0. The quantitative estimate of drug-likeness (QED) is 0.740. The topological polar surface area (TPSA) is 101 Å². The first kappa shape index (κ1) is 13.3. The van der Waals surface area contributed by atoms with Gasteiger partial charge in [-0.05, 0) is 19.9 Å². The van der Waals surface area contributed by atoms with Crippen LogP contribution in [0.3, 0.4) is 0 Å². The van der Waals surface area contributed by atoms with Crippen molar-refractivity contribution >= 4 is 26.7 Å². The number of hydrogen-bond acceptors (Lipinski definition) is 6. The maximum atomic E-state index is 11.7. The lowest BCUT2D eigenvalue weighted by Crippen LogP contribution is -2.34. The third kappa shape index (κ3) is 3.67. The first-order valence-corrected chi connectivity index (χ1v) is 6.95. The van der Waals surface area contributed by atoms with Crippen molar-refractivity contribution in [2.75, 3.05) is 24.9 Å². The maximum absolute atomic E-state index is 11.7. The summed E-state index contributed by atoms with van der Waals surface area (Å²) in [7, 11) is -2.04. The van der Waals surface area contributed by atoms with Crippen molar-refractivity contribution in [3.63, 3.8) is 0 Å². The number of anilines is 1. The number of nitrogens with zero attached hydrogens (tertiary/aromatic N) is 3.